The lowest BCUT2D eigenvalue weighted by Gasteiger charge is -2.22. The molecule has 3 nitrogen and oxygen atoms in total. The number of carboxylic acids is 1. The maximum Gasteiger partial charge on any atom is 0.311 e. The van der Waals surface area contributed by atoms with E-state index in [4.69, 9.17) is 5.73 Å². The number of hydrogen-bond donors (Lipinski definition) is 2. The number of nitrogens with two attached hydrogens (primary N) is 1. The van der Waals surface area contributed by atoms with Crippen LogP contribution in [0.5, 0.6) is 0 Å². The molecule has 1 saturated carbocycles. The van der Waals surface area contributed by atoms with Crippen LogP contribution >= 0.6 is 0 Å². The van der Waals surface area contributed by atoms with E-state index in [1.807, 2.05) is 12.1 Å². The molecule has 1 fully saturated rings. The van der Waals surface area contributed by atoms with E-state index in [0.717, 1.165) is 5.56 Å². The highest BCUT2D eigenvalue weighted by Gasteiger charge is 2.20. The Bertz CT molecular complexity index is 407. The van der Waals surface area contributed by atoms with Crippen LogP contribution in [0, 0.1) is 0 Å². The molecule has 0 bridgehead atoms. The average Bonchev–Trinajstić information content (AvgIpc) is 2.46. The minimum Gasteiger partial charge on any atom is -0.481 e. The maximum absolute atomic E-state index is 11.2. The number of hydrogen-bond acceptors (Lipinski definition) is 2. The zero-order chi connectivity index (χ0) is 13.7. The Morgan fingerprint density at radius 2 is 1.84 bits per heavy atom. The molecule has 0 aromatic heterocycles. The molecule has 1 aliphatic rings. The fraction of sp³-hybridized carbons (Fsp3) is 0.562. The van der Waals surface area contributed by atoms with Crippen molar-refractivity contribution in [1.82, 2.24) is 0 Å². The Hall–Kier alpha value is -1.35. The fourth-order valence-corrected chi connectivity index (χ4v) is 3.04. The second-order valence-electron chi connectivity index (χ2n) is 5.47. The summed E-state index contributed by atoms with van der Waals surface area (Å²) in [5.41, 5.74) is 7.72. The van der Waals surface area contributed by atoms with E-state index in [0.29, 0.717) is 18.9 Å². The fourth-order valence-electron chi connectivity index (χ4n) is 3.04. The lowest BCUT2D eigenvalue weighted by atomic mass is 9.83. The van der Waals surface area contributed by atoms with Crippen molar-refractivity contribution in [1.29, 1.82) is 0 Å². The number of benzene rings is 1. The van der Waals surface area contributed by atoms with Gasteiger partial charge in [-0.15, -0.1) is 0 Å². The van der Waals surface area contributed by atoms with Gasteiger partial charge >= 0.3 is 5.97 Å². The Morgan fingerprint density at radius 3 is 2.37 bits per heavy atom. The summed E-state index contributed by atoms with van der Waals surface area (Å²) in [7, 11) is 0. The molecule has 3 heteroatoms. The van der Waals surface area contributed by atoms with Gasteiger partial charge in [0.1, 0.15) is 0 Å². The molecular formula is C16H23NO2. The van der Waals surface area contributed by atoms with Gasteiger partial charge in [0.05, 0.1) is 5.92 Å². The lowest BCUT2D eigenvalue weighted by Crippen LogP contribution is -2.16. The summed E-state index contributed by atoms with van der Waals surface area (Å²) in [6.45, 7) is 0.404. The van der Waals surface area contributed by atoms with Crippen molar-refractivity contribution in [2.75, 3.05) is 6.54 Å². The Kier molecular flexibility index (Phi) is 4.97. The summed E-state index contributed by atoms with van der Waals surface area (Å²) in [5.74, 6) is -0.582. The highest BCUT2D eigenvalue weighted by molar-refractivity contribution is 5.76. The van der Waals surface area contributed by atoms with E-state index < -0.39 is 11.9 Å². The van der Waals surface area contributed by atoms with Crippen molar-refractivity contribution in [2.45, 2.75) is 50.4 Å². The Balaban J connectivity index is 2.10. The van der Waals surface area contributed by atoms with Crippen LogP contribution in [0.1, 0.15) is 61.5 Å². The molecule has 0 amide bonds. The standard InChI is InChI=1S/C16H23NO2/c17-11-10-15(16(18)19)14-8-6-13(7-9-14)12-4-2-1-3-5-12/h6-9,12,15H,1-5,10-11,17H2,(H,18,19). The van der Waals surface area contributed by atoms with Gasteiger partial charge in [0.2, 0.25) is 0 Å². The topological polar surface area (TPSA) is 63.3 Å². The van der Waals surface area contributed by atoms with Gasteiger partial charge < -0.3 is 10.8 Å². The van der Waals surface area contributed by atoms with Crippen LogP contribution < -0.4 is 5.73 Å². The number of carbonyl (C=O) groups is 1. The molecule has 1 unspecified atom stereocenters. The van der Waals surface area contributed by atoms with Crippen LogP contribution in [0.15, 0.2) is 24.3 Å². The van der Waals surface area contributed by atoms with E-state index >= 15 is 0 Å². The van der Waals surface area contributed by atoms with Crippen molar-refractivity contribution >= 4 is 5.97 Å². The van der Waals surface area contributed by atoms with E-state index in [2.05, 4.69) is 12.1 Å². The van der Waals surface area contributed by atoms with E-state index in [1.165, 1.54) is 37.7 Å². The Morgan fingerprint density at radius 1 is 1.21 bits per heavy atom. The zero-order valence-electron chi connectivity index (χ0n) is 11.3. The van der Waals surface area contributed by atoms with Crippen molar-refractivity contribution in [3.05, 3.63) is 35.4 Å². The summed E-state index contributed by atoms with van der Waals surface area (Å²) >= 11 is 0. The van der Waals surface area contributed by atoms with Crippen LogP contribution in [0.25, 0.3) is 0 Å². The third-order valence-corrected chi connectivity index (χ3v) is 4.17. The summed E-state index contributed by atoms with van der Waals surface area (Å²) in [6.07, 6.45) is 7.02. The summed E-state index contributed by atoms with van der Waals surface area (Å²) in [4.78, 5) is 11.2. The van der Waals surface area contributed by atoms with Gasteiger partial charge in [0.25, 0.3) is 0 Å². The van der Waals surface area contributed by atoms with Crippen LogP contribution in [0.2, 0.25) is 0 Å². The predicted molar refractivity (Wildman–Crippen MR) is 76.3 cm³/mol. The molecule has 0 radical (unpaired) electrons. The molecule has 0 saturated heterocycles. The second-order valence-corrected chi connectivity index (χ2v) is 5.47. The number of aliphatic carboxylic acids is 1. The molecule has 1 aromatic carbocycles. The first-order valence-corrected chi connectivity index (χ1v) is 7.25. The zero-order valence-corrected chi connectivity index (χ0v) is 11.3. The summed E-state index contributed by atoms with van der Waals surface area (Å²) in [6, 6.07) is 8.16. The van der Waals surface area contributed by atoms with Gasteiger partial charge in [-0.05, 0) is 42.9 Å². The monoisotopic (exact) mass is 261 g/mol. The van der Waals surface area contributed by atoms with Gasteiger partial charge in [0.15, 0.2) is 0 Å². The highest BCUT2D eigenvalue weighted by Crippen LogP contribution is 2.33. The van der Waals surface area contributed by atoms with E-state index in [-0.39, 0.29) is 0 Å². The van der Waals surface area contributed by atoms with Crippen LogP contribution in [-0.2, 0) is 4.79 Å². The third-order valence-electron chi connectivity index (χ3n) is 4.17. The van der Waals surface area contributed by atoms with E-state index in [1.54, 1.807) is 0 Å². The van der Waals surface area contributed by atoms with Crippen LogP contribution in [0.4, 0.5) is 0 Å². The summed E-state index contributed by atoms with van der Waals surface area (Å²) < 4.78 is 0. The number of carboxylic acid groups (broad SMARTS) is 1. The summed E-state index contributed by atoms with van der Waals surface area (Å²) in [5, 5.41) is 9.22. The molecule has 3 N–H and O–H groups in total. The molecule has 2 rings (SSSR count). The predicted octanol–water partition coefficient (Wildman–Crippen LogP) is 3.25. The minimum absolute atomic E-state index is 0.404. The van der Waals surface area contributed by atoms with Gasteiger partial charge in [-0.2, -0.15) is 0 Å². The maximum atomic E-state index is 11.2. The minimum atomic E-state index is -0.782. The molecule has 1 aromatic rings. The smallest absolute Gasteiger partial charge is 0.311 e. The van der Waals surface area contributed by atoms with Crippen molar-refractivity contribution in [2.24, 2.45) is 5.73 Å². The van der Waals surface area contributed by atoms with Crippen LogP contribution in [0.3, 0.4) is 0 Å². The van der Waals surface area contributed by atoms with Gasteiger partial charge in [-0.3, -0.25) is 4.79 Å². The third kappa shape index (κ3) is 3.57. The lowest BCUT2D eigenvalue weighted by molar-refractivity contribution is -0.138. The molecule has 0 aliphatic heterocycles. The molecule has 19 heavy (non-hydrogen) atoms. The molecule has 1 atom stereocenters. The van der Waals surface area contributed by atoms with Gasteiger partial charge in [-0.25, -0.2) is 0 Å². The van der Waals surface area contributed by atoms with Crippen molar-refractivity contribution in [3.63, 3.8) is 0 Å². The van der Waals surface area contributed by atoms with Crippen molar-refractivity contribution < 1.29 is 9.90 Å². The van der Waals surface area contributed by atoms with Crippen molar-refractivity contribution in [3.8, 4) is 0 Å². The van der Waals surface area contributed by atoms with Gasteiger partial charge in [-0.1, -0.05) is 43.5 Å². The number of rotatable bonds is 5. The molecule has 1 aliphatic carbocycles. The highest BCUT2D eigenvalue weighted by atomic mass is 16.4. The Labute approximate surface area is 114 Å². The average molecular weight is 261 g/mol. The molecular weight excluding hydrogens is 238 g/mol. The normalized spacial score (nSPS) is 18.2. The SMILES string of the molecule is NCCC(C(=O)O)c1ccc(C2CCCCC2)cc1. The quantitative estimate of drug-likeness (QED) is 0.855. The molecule has 104 valence electrons. The van der Waals surface area contributed by atoms with Crippen LogP contribution in [-0.4, -0.2) is 17.6 Å². The first-order chi connectivity index (χ1) is 9.22. The van der Waals surface area contributed by atoms with E-state index in [9.17, 15) is 9.90 Å². The first kappa shape index (κ1) is 14.1. The second kappa shape index (κ2) is 6.71. The molecule has 0 heterocycles. The first-order valence-electron chi connectivity index (χ1n) is 7.25. The largest absolute Gasteiger partial charge is 0.481 e. The van der Waals surface area contributed by atoms with Gasteiger partial charge in [0, 0.05) is 0 Å². The molecule has 0 spiro atoms.